The second-order valence-electron chi connectivity index (χ2n) is 9.18. The van der Waals surface area contributed by atoms with Crippen molar-refractivity contribution in [2.24, 2.45) is 0 Å². The molecule has 1 N–H and O–H groups in total. The Kier molecular flexibility index (Phi) is 7.74. The lowest BCUT2D eigenvalue weighted by Crippen LogP contribution is -2.66. The van der Waals surface area contributed by atoms with Crippen molar-refractivity contribution in [3.8, 4) is 0 Å². The average molecular weight is 343 g/mol. The molecule has 0 unspecified atom stereocenters. The summed E-state index contributed by atoms with van der Waals surface area (Å²) in [5.74, 6) is 0. The first-order valence-electron chi connectivity index (χ1n) is 9.45. The van der Waals surface area contributed by atoms with Gasteiger partial charge in [-0.1, -0.05) is 0 Å². The Morgan fingerprint density at radius 3 is 1.39 bits per heavy atom. The number of hydrogen-bond donors (Lipinski definition) is 1. The van der Waals surface area contributed by atoms with E-state index in [1.54, 1.807) is 0 Å². The molecule has 1 aliphatic heterocycles. The third-order valence-corrected chi connectivity index (χ3v) is 8.31. The van der Waals surface area contributed by atoms with Crippen molar-refractivity contribution in [1.82, 2.24) is 19.3 Å². The third-order valence-electron chi connectivity index (χ3n) is 4.92. The summed E-state index contributed by atoms with van der Waals surface area (Å²) in [6, 6.07) is 1.26. The first-order chi connectivity index (χ1) is 10.4. The molecule has 0 aliphatic carbocycles. The van der Waals surface area contributed by atoms with Gasteiger partial charge in [0.25, 0.3) is 0 Å². The maximum atomic E-state index is 3.95. The van der Waals surface area contributed by atoms with E-state index in [0.29, 0.717) is 12.1 Å². The van der Waals surface area contributed by atoms with Gasteiger partial charge in [-0.2, -0.15) is 0 Å². The summed E-state index contributed by atoms with van der Waals surface area (Å²) in [5, 5.41) is 0. The maximum absolute atomic E-state index is 3.95. The Bertz CT molecular complexity index is 329. The summed E-state index contributed by atoms with van der Waals surface area (Å²) in [6.07, 6.45) is 0. The van der Waals surface area contributed by atoms with Crippen LogP contribution >= 0.6 is 0 Å². The fourth-order valence-corrected chi connectivity index (χ4v) is 6.99. The molecular weight excluding hydrogens is 300 g/mol. The number of hydrogen-bond acceptors (Lipinski definition) is 4. The van der Waals surface area contributed by atoms with E-state index in [-0.39, 0.29) is 5.54 Å². The smallest absolute Gasteiger partial charge is 0.198 e. The van der Waals surface area contributed by atoms with Crippen LogP contribution < -0.4 is 4.98 Å². The standard InChI is InChI=1S/C18H42N4Si/c1-16(2)20-10-11-21(17(3)4)13-15-22(14-12-20)23(8,9)19-18(5,6)7/h16-17,19H,10-15H2,1-9H3. The van der Waals surface area contributed by atoms with Crippen LogP contribution in [0.2, 0.25) is 13.1 Å². The summed E-state index contributed by atoms with van der Waals surface area (Å²) < 4.78 is 2.77. The van der Waals surface area contributed by atoms with Crippen LogP contribution in [0.4, 0.5) is 0 Å². The molecule has 5 heteroatoms. The fourth-order valence-electron chi connectivity index (χ4n) is 3.68. The number of rotatable bonds is 4. The minimum atomic E-state index is -1.61. The Morgan fingerprint density at radius 1 is 0.739 bits per heavy atom. The molecule has 1 saturated heterocycles. The first kappa shape index (κ1) is 21.1. The van der Waals surface area contributed by atoms with E-state index >= 15 is 0 Å². The van der Waals surface area contributed by atoms with Crippen molar-refractivity contribution >= 4 is 8.40 Å². The molecule has 138 valence electrons. The summed E-state index contributed by atoms with van der Waals surface area (Å²) in [7, 11) is -1.61. The Hall–Kier alpha value is 0.0569. The van der Waals surface area contributed by atoms with Gasteiger partial charge in [0.2, 0.25) is 0 Å². The van der Waals surface area contributed by atoms with Crippen LogP contribution in [0.3, 0.4) is 0 Å². The van der Waals surface area contributed by atoms with Gasteiger partial charge in [-0.3, -0.25) is 9.80 Å². The molecule has 1 rings (SSSR count). The minimum Gasteiger partial charge on any atom is -0.321 e. The molecule has 23 heavy (non-hydrogen) atoms. The van der Waals surface area contributed by atoms with Gasteiger partial charge in [-0.25, -0.2) is 0 Å². The average Bonchev–Trinajstić information content (AvgIpc) is 2.45. The topological polar surface area (TPSA) is 21.8 Å². The van der Waals surface area contributed by atoms with Gasteiger partial charge < -0.3 is 9.55 Å². The lowest BCUT2D eigenvalue weighted by Gasteiger charge is -2.43. The Labute approximate surface area is 146 Å². The zero-order valence-electron chi connectivity index (χ0n) is 17.2. The van der Waals surface area contributed by atoms with E-state index in [4.69, 9.17) is 0 Å². The molecule has 0 atom stereocenters. The van der Waals surface area contributed by atoms with E-state index < -0.39 is 8.40 Å². The fraction of sp³-hybridized carbons (Fsp3) is 1.00. The lowest BCUT2D eigenvalue weighted by atomic mass is 10.1. The summed E-state index contributed by atoms with van der Waals surface area (Å²) in [4.78, 5) is 9.25. The summed E-state index contributed by atoms with van der Waals surface area (Å²) in [5.41, 5.74) is 0.184. The molecule has 4 nitrogen and oxygen atoms in total. The normalized spacial score (nSPS) is 21.5. The molecule has 0 aromatic rings. The van der Waals surface area contributed by atoms with Crippen LogP contribution in [0.15, 0.2) is 0 Å². The second-order valence-corrected chi connectivity index (χ2v) is 13.2. The maximum Gasteiger partial charge on any atom is 0.198 e. The minimum absolute atomic E-state index is 0.184. The summed E-state index contributed by atoms with van der Waals surface area (Å²) in [6.45, 7) is 28.3. The molecule has 0 saturated carbocycles. The van der Waals surface area contributed by atoms with Gasteiger partial charge in [0.15, 0.2) is 8.40 Å². The predicted molar refractivity (Wildman–Crippen MR) is 105 cm³/mol. The van der Waals surface area contributed by atoms with Gasteiger partial charge in [0, 0.05) is 56.9 Å². The molecule has 0 spiro atoms. The quantitative estimate of drug-likeness (QED) is 0.793. The van der Waals surface area contributed by atoms with E-state index in [1.807, 2.05) is 0 Å². The molecule has 0 radical (unpaired) electrons. The highest BCUT2D eigenvalue weighted by Gasteiger charge is 2.34. The van der Waals surface area contributed by atoms with Crippen molar-refractivity contribution in [3.63, 3.8) is 0 Å². The van der Waals surface area contributed by atoms with Crippen LogP contribution in [0, 0.1) is 0 Å². The SMILES string of the molecule is CC(C)N1CCN(C(C)C)CCN([Si](C)(C)NC(C)(C)C)CC1. The van der Waals surface area contributed by atoms with Crippen LogP contribution in [0.1, 0.15) is 48.5 Å². The predicted octanol–water partition coefficient (Wildman–Crippen LogP) is 2.81. The Morgan fingerprint density at radius 2 is 1.09 bits per heavy atom. The summed E-state index contributed by atoms with van der Waals surface area (Å²) >= 11 is 0. The number of nitrogens with zero attached hydrogens (tertiary/aromatic N) is 3. The highest BCUT2D eigenvalue weighted by molar-refractivity contribution is 6.72. The second kappa shape index (κ2) is 8.43. The highest BCUT2D eigenvalue weighted by Crippen LogP contribution is 2.15. The van der Waals surface area contributed by atoms with E-state index in [1.165, 1.54) is 39.3 Å². The van der Waals surface area contributed by atoms with Crippen LogP contribution in [0.25, 0.3) is 0 Å². The molecular formula is C18H42N4Si. The Balaban J connectivity index is 2.89. The highest BCUT2D eigenvalue weighted by atomic mass is 28.3. The molecule has 0 aromatic heterocycles. The first-order valence-corrected chi connectivity index (χ1v) is 12.4. The molecule has 1 aliphatic rings. The molecule has 1 heterocycles. The third kappa shape index (κ3) is 7.22. The van der Waals surface area contributed by atoms with E-state index in [0.717, 1.165) is 0 Å². The van der Waals surface area contributed by atoms with Crippen molar-refractivity contribution in [2.45, 2.75) is 79.2 Å². The van der Waals surface area contributed by atoms with Crippen LogP contribution in [0.5, 0.6) is 0 Å². The molecule has 0 aromatic carbocycles. The van der Waals surface area contributed by atoms with Gasteiger partial charge in [-0.05, 0) is 61.6 Å². The zero-order chi connectivity index (χ0) is 17.8. The van der Waals surface area contributed by atoms with Gasteiger partial charge in [-0.15, -0.1) is 0 Å². The molecule has 0 bridgehead atoms. The van der Waals surface area contributed by atoms with Crippen LogP contribution in [-0.4, -0.2) is 79.7 Å². The molecule has 0 amide bonds. The zero-order valence-corrected chi connectivity index (χ0v) is 18.2. The van der Waals surface area contributed by atoms with Gasteiger partial charge in [0.1, 0.15) is 0 Å². The monoisotopic (exact) mass is 342 g/mol. The number of nitrogens with one attached hydrogen (secondary N) is 1. The van der Waals surface area contributed by atoms with Crippen molar-refractivity contribution in [1.29, 1.82) is 0 Å². The van der Waals surface area contributed by atoms with Crippen molar-refractivity contribution < 1.29 is 0 Å². The van der Waals surface area contributed by atoms with Crippen molar-refractivity contribution in [3.05, 3.63) is 0 Å². The largest absolute Gasteiger partial charge is 0.321 e. The lowest BCUT2D eigenvalue weighted by molar-refractivity contribution is 0.169. The van der Waals surface area contributed by atoms with Crippen LogP contribution in [-0.2, 0) is 0 Å². The van der Waals surface area contributed by atoms with Gasteiger partial charge in [0.05, 0.1) is 0 Å². The van der Waals surface area contributed by atoms with Gasteiger partial charge >= 0.3 is 0 Å². The van der Waals surface area contributed by atoms with E-state index in [9.17, 15) is 0 Å². The van der Waals surface area contributed by atoms with E-state index in [2.05, 4.69) is 80.9 Å². The molecule has 1 fully saturated rings. The van der Waals surface area contributed by atoms with Crippen molar-refractivity contribution in [2.75, 3.05) is 39.3 Å².